The Morgan fingerprint density at radius 2 is 1.77 bits per heavy atom. The minimum absolute atomic E-state index is 0.0559. The van der Waals surface area contributed by atoms with Crippen LogP contribution in [-0.4, -0.2) is 62.5 Å². The van der Waals surface area contributed by atoms with Crippen molar-refractivity contribution < 1.29 is 14.0 Å². The predicted octanol–water partition coefficient (Wildman–Crippen LogP) is 0.980. The molecular formula is C19H27FN4O2. The Morgan fingerprint density at radius 3 is 2.42 bits per heavy atom. The Bertz CT molecular complexity index is 610. The van der Waals surface area contributed by atoms with Crippen LogP contribution in [0.15, 0.2) is 24.3 Å². The molecule has 6 nitrogen and oxygen atoms in total. The third-order valence-corrected chi connectivity index (χ3v) is 4.90. The molecule has 0 radical (unpaired) electrons. The van der Waals surface area contributed by atoms with Gasteiger partial charge in [0.25, 0.3) is 0 Å². The maximum absolute atomic E-state index is 13.0. The number of carbonyl (C=O) groups is 2. The van der Waals surface area contributed by atoms with E-state index in [2.05, 4.69) is 15.5 Å². The molecule has 142 valence electrons. The van der Waals surface area contributed by atoms with E-state index in [0.717, 1.165) is 31.2 Å². The summed E-state index contributed by atoms with van der Waals surface area (Å²) in [5.74, 6) is 0.514. The summed E-state index contributed by atoms with van der Waals surface area (Å²) >= 11 is 0. The summed E-state index contributed by atoms with van der Waals surface area (Å²) in [6, 6.07) is 6.43. The highest BCUT2D eigenvalue weighted by molar-refractivity contribution is 5.80. The molecule has 2 aliphatic rings. The smallest absolute Gasteiger partial charge is 0.233 e. The second-order valence-corrected chi connectivity index (χ2v) is 7.02. The van der Waals surface area contributed by atoms with Crippen LogP contribution in [0.2, 0.25) is 0 Å². The number of rotatable bonds is 8. The van der Waals surface area contributed by atoms with Gasteiger partial charge in [0.05, 0.1) is 6.54 Å². The molecular weight excluding hydrogens is 335 g/mol. The van der Waals surface area contributed by atoms with Crippen LogP contribution < -0.4 is 15.5 Å². The fraction of sp³-hybridized carbons (Fsp3) is 0.579. The van der Waals surface area contributed by atoms with Crippen LogP contribution in [0.1, 0.15) is 19.3 Å². The molecule has 1 heterocycles. The summed E-state index contributed by atoms with van der Waals surface area (Å²) in [6.07, 6.45) is 2.85. The molecule has 26 heavy (non-hydrogen) atoms. The van der Waals surface area contributed by atoms with E-state index >= 15 is 0 Å². The van der Waals surface area contributed by atoms with E-state index in [1.807, 2.05) is 4.90 Å². The Labute approximate surface area is 153 Å². The van der Waals surface area contributed by atoms with Crippen LogP contribution >= 0.6 is 0 Å². The quantitative estimate of drug-likeness (QED) is 0.724. The topological polar surface area (TPSA) is 64.7 Å². The van der Waals surface area contributed by atoms with E-state index in [9.17, 15) is 14.0 Å². The van der Waals surface area contributed by atoms with E-state index in [1.165, 1.54) is 25.0 Å². The number of hydrogen-bond acceptors (Lipinski definition) is 4. The molecule has 0 unspecified atom stereocenters. The fourth-order valence-corrected chi connectivity index (χ4v) is 3.11. The van der Waals surface area contributed by atoms with Gasteiger partial charge in [-0.25, -0.2) is 4.39 Å². The Balaban J connectivity index is 1.30. The normalized spacial score (nSPS) is 17.3. The molecule has 1 aromatic rings. The maximum atomic E-state index is 13.0. The zero-order valence-electron chi connectivity index (χ0n) is 15.0. The molecule has 1 saturated carbocycles. The largest absolute Gasteiger partial charge is 0.368 e. The zero-order chi connectivity index (χ0) is 18.4. The maximum Gasteiger partial charge on any atom is 0.233 e. The minimum atomic E-state index is -0.243. The molecule has 1 aliphatic heterocycles. The molecule has 0 bridgehead atoms. The van der Waals surface area contributed by atoms with Gasteiger partial charge in [-0.2, -0.15) is 0 Å². The fourth-order valence-electron chi connectivity index (χ4n) is 3.11. The second-order valence-electron chi connectivity index (χ2n) is 7.02. The number of carbonyl (C=O) groups excluding carboxylic acids is 2. The van der Waals surface area contributed by atoms with Gasteiger partial charge in [0.15, 0.2) is 0 Å². The van der Waals surface area contributed by atoms with Gasteiger partial charge in [-0.15, -0.1) is 0 Å². The van der Waals surface area contributed by atoms with Crippen molar-refractivity contribution in [2.45, 2.75) is 19.3 Å². The standard InChI is InChI=1S/C19H27FN4O2/c20-16-3-5-17(6-4-16)23-9-11-24(12-10-23)19(26)7-8-22-18(25)14-21-13-15-1-2-15/h3-6,15,21H,1-2,7-14H2,(H,22,25). The van der Waals surface area contributed by atoms with Gasteiger partial charge >= 0.3 is 0 Å². The molecule has 1 aliphatic carbocycles. The van der Waals surface area contributed by atoms with Gasteiger partial charge in [-0.05, 0) is 49.6 Å². The summed E-state index contributed by atoms with van der Waals surface area (Å²) in [7, 11) is 0. The average Bonchev–Trinajstić information content (AvgIpc) is 3.47. The number of nitrogens with zero attached hydrogens (tertiary/aromatic N) is 2. The highest BCUT2D eigenvalue weighted by atomic mass is 19.1. The first-order valence-corrected chi connectivity index (χ1v) is 9.37. The molecule has 0 spiro atoms. The van der Waals surface area contributed by atoms with Gasteiger partial charge in [-0.3, -0.25) is 9.59 Å². The lowest BCUT2D eigenvalue weighted by Crippen LogP contribution is -2.49. The number of piperazine rings is 1. The minimum Gasteiger partial charge on any atom is -0.368 e. The first-order valence-electron chi connectivity index (χ1n) is 9.37. The molecule has 1 aromatic carbocycles. The number of nitrogens with one attached hydrogen (secondary N) is 2. The van der Waals surface area contributed by atoms with Crippen molar-refractivity contribution in [3.63, 3.8) is 0 Å². The van der Waals surface area contributed by atoms with Crippen molar-refractivity contribution in [2.24, 2.45) is 5.92 Å². The Kier molecular flexibility index (Phi) is 6.44. The van der Waals surface area contributed by atoms with Crippen molar-refractivity contribution in [1.29, 1.82) is 0 Å². The van der Waals surface area contributed by atoms with Gasteiger partial charge in [0, 0.05) is 44.8 Å². The number of halogens is 1. The highest BCUT2D eigenvalue weighted by Gasteiger charge is 2.22. The van der Waals surface area contributed by atoms with Crippen molar-refractivity contribution in [3.8, 4) is 0 Å². The molecule has 2 amide bonds. The first kappa shape index (κ1) is 18.6. The number of anilines is 1. The highest BCUT2D eigenvalue weighted by Crippen LogP contribution is 2.27. The lowest BCUT2D eigenvalue weighted by atomic mass is 10.2. The lowest BCUT2D eigenvalue weighted by molar-refractivity contribution is -0.131. The van der Waals surface area contributed by atoms with Crippen molar-refractivity contribution in [1.82, 2.24) is 15.5 Å². The lowest BCUT2D eigenvalue weighted by Gasteiger charge is -2.36. The molecule has 0 atom stereocenters. The number of hydrogen-bond donors (Lipinski definition) is 2. The van der Waals surface area contributed by atoms with Crippen molar-refractivity contribution in [3.05, 3.63) is 30.1 Å². The van der Waals surface area contributed by atoms with Crippen LogP contribution in [0, 0.1) is 11.7 Å². The van der Waals surface area contributed by atoms with Crippen molar-refractivity contribution in [2.75, 3.05) is 50.7 Å². The molecule has 3 rings (SSSR count). The van der Waals surface area contributed by atoms with Gasteiger partial charge in [0.1, 0.15) is 5.82 Å². The summed E-state index contributed by atoms with van der Waals surface area (Å²) in [4.78, 5) is 27.9. The third-order valence-electron chi connectivity index (χ3n) is 4.90. The van der Waals surface area contributed by atoms with Gasteiger partial charge in [0.2, 0.25) is 11.8 Å². The van der Waals surface area contributed by atoms with Crippen LogP contribution in [0.3, 0.4) is 0 Å². The molecule has 0 aromatic heterocycles. The Morgan fingerprint density at radius 1 is 1.08 bits per heavy atom. The zero-order valence-corrected chi connectivity index (χ0v) is 15.0. The SMILES string of the molecule is O=C(CNCC1CC1)NCCC(=O)N1CCN(c2ccc(F)cc2)CC1. The van der Waals surface area contributed by atoms with Crippen LogP contribution in [0.25, 0.3) is 0 Å². The average molecular weight is 362 g/mol. The van der Waals surface area contributed by atoms with Gasteiger partial charge in [-0.1, -0.05) is 0 Å². The van der Waals surface area contributed by atoms with E-state index < -0.39 is 0 Å². The summed E-state index contributed by atoms with van der Waals surface area (Å²) in [5.41, 5.74) is 0.976. The Hall–Kier alpha value is -2.15. The molecule has 1 saturated heterocycles. The molecule has 2 fully saturated rings. The summed E-state index contributed by atoms with van der Waals surface area (Å²) < 4.78 is 13.0. The van der Waals surface area contributed by atoms with E-state index in [1.54, 1.807) is 12.1 Å². The van der Waals surface area contributed by atoms with Crippen LogP contribution in [-0.2, 0) is 9.59 Å². The third kappa shape index (κ3) is 5.69. The van der Waals surface area contributed by atoms with Crippen LogP contribution in [0.4, 0.5) is 10.1 Å². The van der Waals surface area contributed by atoms with Crippen LogP contribution in [0.5, 0.6) is 0 Å². The van der Waals surface area contributed by atoms with Crippen molar-refractivity contribution >= 4 is 17.5 Å². The summed E-state index contributed by atoms with van der Waals surface area (Å²) in [5, 5.41) is 5.93. The first-order chi connectivity index (χ1) is 12.6. The molecule has 7 heteroatoms. The number of amides is 2. The molecule has 2 N–H and O–H groups in total. The van der Waals surface area contributed by atoms with Gasteiger partial charge < -0.3 is 20.4 Å². The van der Waals surface area contributed by atoms with E-state index in [-0.39, 0.29) is 17.6 Å². The number of benzene rings is 1. The predicted molar refractivity (Wildman–Crippen MR) is 98.4 cm³/mol. The summed E-state index contributed by atoms with van der Waals surface area (Å²) in [6.45, 7) is 4.36. The second kappa shape index (κ2) is 8.98. The van der Waals surface area contributed by atoms with E-state index in [0.29, 0.717) is 32.6 Å². The van der Waals surface area contributed by atoms with E-state index in [4.69, 9.17) is 0 Å². The monoisotopic (exact) mass is 362 g/mol.